The van der Waals surface area contributed by atoms with Gasteiger partial charge in [-0.2, -0.15) is 0 Å². The van der Waals surface area contributed by atoms with Gasteiger partial charge in [0.05, 0.1) is 0 Å². The van der Waals surface area contributed by atoms with Gasteiger partial charge in [-0.25, -0.2) is 0 Å². The summed E-state index contributed by atoms with van der Waals surface area (Å²) in [7, 11) is 4.30. The van der Waals surface area contributed by atoms with E-state index in [9.17, 15) is 0 Å². The Bertz CT molecular complexity index is 5920. The van der Waals surface area contributed by atoms with Gasteiger partial charge >= 0.3 is 0 Å². The van der Waals surface area contributed by atoms with Gasteiger partial charge in [0.15, 0.2) is 0 Å². The Labute approximate surface area is 621 Å². The van der Waals surface area contributed by atoms with Gasteiger partial charge in [-0.3, -0.25) is 0 Å². The first-order valence-electron chi connectivity index (χ1n) is 36.3. The fraction of sp³-hybridized carbons (Fsp3) is 0.0196. The molecule has 18 aromatic rings. The van der Waals surface area contributed by atoms with Crippen molar-refractivity contribution in [1.82, 2.24) is 0 Å². The summed E-state index contributed by atoms with van der Waals surface area (Å²) in [5.74, 6) is 0. The molecule has 0 unspecified atom stereocenters. The summed E-state index contributed by atoms with van der Waals surface area (Å²) in [6, 6.07) is 153. The van der Waals surface area contributed by atoms with Crippen LogP contribution in [-0.4, -0.2) is 14.1 Å². The Morgan fingerprint density at radius 1 is 0.142 bits per heavy atom. The van der Waals surface area contributed by atoms with Crippen LogP contribution in [0.5, 0.6) is 0 Å². The molecule has 0 aromatic heterocycles. The number of benzene rings is 18. The summed E-state index contributed by atoms with van der Waals surface area (Å²) in [6.07, 6.45) is 0. The van der Waals surface area contributed by atoms with Gasteiger partial charge in [0, 0.05) is 76.4 Å². The zero-order valence-corrected chi connectivity index (χ0v) is 59.2. The molecule has 0 saturated heterocycles. The average Bonchev–Trinajstić information content (AvgIpc) is 0.764. The van der Waals surface area contributed by atoms with E-state index >= 15 is 0 Å². The lowest BCUT2D eigenvalue weighted by atomic mass is 9.99. The van der Waals surface area contributed by atoms with Crippen LogP contribution in [0.4, 0.5) is 56.9 Å². The SMILES string of the molecule is CN(c1ccc(-c2ccc(N(c3cccc(-c4ccccc4)c3)c3cccc(-c4ccccc4)c3)cc2)cc1)c1cc2ccccc2c2ccccc12.CN(c1ccc(-c2ccc(N(c3cccc(-c4ccccc4)c3)c3cccc(-c4ccccc4)c3)cc2)cc1)c1ccc2cc3ccccc3cc2c1. The monoisotopic (exact) mass is 1360 g/mol. The highest BCUT2D eigenvalue weighted by atomic mass is 15.1. The fourth-order valence-electron chi connectivity index (χ4n) is 14.8. The molecule has 0 radical (unpaired) electrons. The quantitative estimate of drug-likeness (QED) is 0.0706. The van der Waals surface area contributed by atoms with Crippen LogP contribution in [0.15, 0.2) is 425 Å². The van der Waals surface area contributed by atoms with Crippen molar-refractivity contribution >= 4 is 100.0 Å². The second kappa shape index (κ2) is 29.6. The third kappa shape index (κ3) is 13.8. The lowest BCUT2D eigenvalue weighted by molar-refractivity contribution is 1.21. The predicted molar refractivity (Wildman–Crippen MR) is 454 cm³/mol. The van der Waals surface area contributed by atoms with E-state index in [1.165, 1.54) is 116 Å². The van der Waals surface area contributed by atoms with E-state index in [1.807, 2.05) is 0 Å². The summed E-state index contributed by atoms with van der Waals surface area (Å²) in [5, 5.41) is 10.1. The van der Waals surface area contributed by atoms with Crippen LogP contribution in [-0.2, 0) is 0 Å². The number of anilines is 10. The van der Waals surface area contributed by atoms with E-state index in [2.05, 4.69) is 458 Å². The van der Waals surface area contributed by atoms with Crippen molar-refractivity contribution in [3.05, 3.63) is 425 Å². The summed E-state index contributed by atoms with van der Waals surface area (Å²) in [6.45, 7) is 0. The van der Waals surface area contributed by atoms with Crippen molar-refractivity contribution in [2.75, 3.05) is 33.7 Å². The number of hydrogen-bond donors (Lipinski definition) is 0. The largest absolute Gasteiger partial charge is 0.345 e. The van der Waals surface area contributed by atoms with Crippen LogP contribution in [0.25, 0.3) is 110 Å². The zero-order valence-electron chi connectivity index (χ0n) is 59.2. The zero-order chi connectivity index (χ0) is 71.1. The van der Waals surface area contributed by atoms with Crippen molar-refractivity contribution in [3.63, 3.8) is 0 Å². The van der Waals surface area contributed by atoms with Crippen LogP contribution in [0.1, 0.15) is 0 Å². The van der Waals surface area contributed by atoms with E-state index in [-0.39, 0.29) is 0 Å². The first-order chi connectivity index (χ1) is 52.3. The van der Waals surface area contributed by atoms with Crippen LogP contribution in [0.2, 0.25) is 0 Å². The summed E-state index contributed by atoms with van der Waals surface area (Å²) in [5.41, 5.74) is 25.6. The molecule has 4 heteroatoms. The number of nitrogens with zero attached hydrogens (tertiary/aromatic N) is 4. The van der Waals surface area contributed by atoms with Gasteiger partial charge in [0.1, 0.15) is 0 Å². The van der Waals surface area contributed by atoms with Crippen molar-refractivity contribution in [3.8, 4) is 66.8 Å². The molecule has 0 fully saturated rings. The highest BCUT2D eigenvalue weighted by Gasteiger charge is 2.19. The molecule has 0 bridgehead atoms. The van der Waals surface area contributed by atoms with Crippen LogP contribution in [0.3, 0.4) is 0 Å². The topological polar surface area (TPSA) is 13.0 Å². The first kappa shape index (κ1) is 65.5. The summed E-state index contributed by atoms with van der Waals surface area (Å²) in [4.78, 5) is 9.26. The Kier molecular flexibility index (Phi) is 18.3. The molecule has 18 rings (SSSR count). The second-order valence-corrected chi connectivity index (χ2v) is 27.0. The normalized spacial score (nSPS) is 11.1. The molecule has 0 saturated carbocycles. The molecule has 0 heterocycles. The lowest BCUT2D eigenvalue weighted by Gasteiger charge is -2.27. The maximum absolute atomic E-state index is 2.36. The molecule has 4 nitrogen and oxygen atoms in total. The molecule has 18 aromatic carbocycles. The molecule has 0 amide bonds. The molecule has 0 N–H and O–H groups in total. The van der Waals surface area contributed by atoms with Crippen molar-refractivity contribution in [2.24, 2.45) is 0 Å². The third-order valence-electron chi connectivity index (χ3n) is 20.5. The minimum absolute atomic E-state index is 1.10. The molecule has 0 aliphatic carbocycles. The summed E-state index contributed by atoms with van der Waals surface area (Å²) >= 11 is 0. The van der Waals surface area contributed by atoms with Crippen molar-refractivity contribution in [2.45, 2.75) is 0 Å². The number of fused-ring (bicyclic) bond motifs is 5. The van der Waals surface area contributed by atoms with Crippen LogP contribution < -0.4 is 19.6 Å². The van der Waals surface area contributed by atoms with Gasteiger partial charge in [-0.15, -0.1) is 0 Å². The van der Waals surface area contributed by atoms with Crippen molar-refractivity contribution < 1.29 is 0 Å². The Hall–Kier alpha value is -13.8. The van der Waals surface area contributed by atoms with Crippen LogP contribution >= 0.6 is 0 Å². The third-order valence-corrected chi connectivity index (χ3v) is 20.5. The Balaban J connectivity index is 0.000000156. The molecule has 0 spiro atoms. The van der Waals surface area contributed by atoms with E-state index in [0.717, 1.165) is 51.2 Å². The van der Waals surface area contributed by atoms with Gasteiger partial charge in [-0.05, 0) is 232 Å². The molecule has 0 aliphatic rings. The maximum Gasteiger partial charge on any atom is 0.0494 e. The highest BCUT2D eigenvalue weighted by molar-refractivity contribution is 6.14. The minimum Gasteiger partial charge on any atom is -0.345 e. The standard InChI is InChI=1S/2C51H38N2/c1-52(49-31-26-45-32-41-16-8-9-17-42(41)33-46(45)36-49)47-27-22-39(23-28-47)40-24-29-48(30-25-40)53(50-20-10-18-43(34-50)37-12-4-2-5-13-37)51-21-11-19-44(35-51)38-14-6-3-7-15-38;1-52(51-36-43-18-8-9-23-48(43)49-24-10-11-25-50(49)51)44-30-26-39(27-31-44)40-28-32-45(33-29-40)53(46-21-12-19-41(34-46)37-14-4-2-5-15-37)47-22-13-20-42(35-47)38-16-6-3-7-17-38/h2*2-36H,1H3. The predicted octanol–water partition coefficient (Wildman–Crippen LogP) is 28.5. The van der Waals surface area contributed by atoms with Crippen LogP contribution in [0, 0.1) is 0 Å². The molecular formula is C102H76N4. The van der Waals surface area contributed by atoms with Gasteiger partial charge in [-0.1, -0.05) is 297 Å². The van der Waals surface area contributed by atoms with Gasteiger partial charge in [0.25, 0.3) is 0 Å². The molecule has 0 atom stereocenters. The lowest BCUT2D eigenvalue weighted by Crippen LogP contribution is -2.10. The average molecular weight is 1360 g/mol. The van der Waals surface area contributed by atoms with Gasteiger partial charge < -0.3 is 19.6 Å². The molecule has 504 valence electrons. The fourth-order valence-corrected chi connectivity index (χ4v) is 14.8. The smallest absolute Gasteiger partial charge is 0.0494 e. The Morgan fingerprint density at radius 2 is 0.425 bits per heavy atom. The molecule has 0 aliphatic heterocycles. The Morgan fingerprint density at radius 3 is 0.821 bits per heavy atom. The van der Waals surface area contributed by atoms with E-state index in [4.69, 9.17) is 0 Å². The van der Waals surface area contributed by atoms with Gasteiger partial charge in [0.2, 0.25) is 0 Å². The molecule has 106 heavy (non-hydrogen) atoms. The van der Waals surface area contributed by atoms with E-state index < -0.39 is 0 Å². The first-order valence-corrected chi connectivity index (χ1v) is 36.3. The highest BCUT2D eigenvalue weighted by Crippen LogP contribution is 2.44. The summed E-state index contributed by atoms with van der Waals surface area (Å²) < 4.78 is 0. The maximum atomic E-state index is 2.36. The van der Waals surface area contributed by atoms with Crippen molar-refractivity contribution in [1.29, 1.82) is 0 Å². The van der Waals surface area contributed by atoms with E-state index in [1.54, 1.807) is 0 Å². The molecular weight excluding hydrogens is 1280 g/mol. The van der Waals surface area contributed by atoms with E-state index in [0.29, 0.717) is 0 Å². The second-order valence-electron chi connectivity index (χ2n) is 27.0. The minimum atomic E-state index is 1.10. The number of hydrogen-bond acceptors (Lipinski definition) is 4. The number of rotatable bonds is 16.